The van der Waals surface area contributed by atoms with Crippen LogP contribution in [0, 0.1) is 0 Å². The summed E-state index contributed by atoms with van der Waals surface area (Å²) in [6.45, 7) is 3.49. The fourth-order valence-corrected chi connectivity index (χ4v) is 1.07. The molecule has 82 valence electrons. The molecule has 3 heteroatoms. The summed E-state index contributed by atoms with van der Waals surface area (Å²) in [6.07, 6.45) is 5.71. The molecule has 0 heterocycles. The topological polar surface area (TPSA) is 60.7 Å². The summed E-state index contributed by atoms with van der Waals surface area (Å²) in [6, 6.07) is 0. The zero-order valence-corrected chi connectivity index (χ0v) is 8.80. The molecule has 3 nitrogen and oxygen atoms in total. The maximum atomic E-state index is 9.43. The Bertz CT molecular complexity index is 185. The van der Waals surface area contributed by atoms with Gasteiger partial charge in [0.2, 0.25) is 0 Å². The Kier molecular flexibility index (Phi) is 7.38. The van der Waals surface area contributed by atoms with Crippen molar-refractivity contribution < 1.29 is 15.3 Å². The molecule has 0 amide bonds. The van der Waals surface area contributed by atoms with Crippen molar-refractivity contribution in [2.75, 3.05) is 0 Å². The van der Waals surface area contributed by atoms with Gasteiger partial charge in [0.1, 0.15) is 0 Å². The Morgan fingerprint density at radius 1 is 1.07 bits per heavy atom. The van der Waals surface area contributed by atoms with Gasteiger partial charge >= 0.3 is 0 Å². The highest BCUT2D eigenvalue weighted by molar-refractivity contribution is 5.01. The van der Waals surface area contributed by atoms with Gasteiger partial charge in [0.25, 0.3) is 0 Å². The van der Waals surface area contributed by atoms with Crippen LogP contribution in [0.25, 0.3) is 0 Å². The number of hydrogen-bond acceptors (Lipinski definition) is 3. The Morgan fingerprint density at radius 2 is 1.71 bits per heavy atom. The number of allylic oxidation sites excluding steroid dienone is 3. The minimum atomic E-state index is -0.856. The molecule has 0 rings (SSSR count). The molecule has 0 saturated heterocycles. The maximum Gasteiger partial charge on any atom is 0.0834 e. The Morgan fingerprint density at radius 3 is 2.21 bits per heavy atom. The van der Waals surface area contributed by atoms with Crippen molar-refractivity contribution in [3.63, 3.8) is 0 Å². The van der Waals surface area contributed by atoms with Crippen molar-refractivity contribution in [3.05, 3.63) is 24.3 Å². The smallest absolute Gasteiger partial charge is 0.0834 e. The Balaban J connectivity index is 3.77. The molecule has 3 N–H and O–H groups in total. The number of aliphatic hydroxyl groups excluding tert-OH is 3. The fourth-order valence-electron chi connectivity index (χ4n) is 1.07. The third-order valence-corrected chi connectivity index (χ3v) is 1.84. The van der Waals surface area contributed by atoms with E-state index in [1.807, 2.05) is 25.2 Å². The van der Waals surface area contributed by atoms with Crippen LogP contribution in [0.5, 0.6) is 0 Å². The summed E-state index contributed by atoms with van der Waals surface area (Å²) in [4.78, 5) is 0. The van der Waals surface area contributed by atoms with Gasteiger partial charge in [-0.2, -0.15) is 0 Å². The van der Waals surface area contributed by atoms with Crippen LogP contribution in [0.3, 0.4) is 0 Å². The van der Waals surface area contributed by atoms with E-state index in [1.165, 1.54) is 0 Å². The normalized spacial score (nSPS) is 18.9. The summed E-state index contributed by atoms with van der Waals surface area (Å²) >= 11 is 0. The molecule has 0 aromatic carbocycles. The first-order chi connectivity index (χ1) is 6.57. The molecule has 3 unspecified atom stereocenters. The van der Waals surface area contributed by atoms with Crippen LogP contribution in [-0.4, -0.2) is 33.6 Å². The summed E-state index contributed by atoms with van der Waals surface area (Å²) in [5.41, 5.74) is 0. The standard InChI is InChI=1S/C11H20O3/c1-3-4-5-6-7-10(13)11(14)8-9(2)12/h3-6,9-14H,7-8H2,1-2H3/b4-3+,6-5+. The highest BCUT2D eigenvalue weighted by atomic mass is 16.3. The second-order valence-corrected chi connectivity index (χ2v) is 3.41. The van der Waals surface area contributed by atoms with Gasteiger partial charge in [0, 0.05) is 6.42 Å². The van der Waals surface area contributed by atoms with Gasteiger partial charge < -0.3 is 15.3 Å². The first-order valence-corrected chi connectivity index (χ1v) is 4.90. The van der Waals surface area contributed by atoms with E-state index in [0.29, 0.717) is 6.42 Å². The minimum Gasteiger partial charge on any atom is -0.393 e. The molecular formula is C11H20O3. The summed E-state index contributed by atoms with van der Waals surface area (Å²) < 4.78 is 0. The van der Waals surface area contributed by atoms with Gasteiger partial charge in [-0.05, 0) is 20.3 Å². The van der Waals surface area contributed by atoms with Crippen molar-refractivity contribution in [2.24, 2.45) is 0 Å². The van der Waals surface area contributed by atoms with Crippen LogP contribution in [0.1, 0.15) is 26.7 Å². The molecule has 0 aliphatic carbocycles. The third-order valence-electron chi connectivity index (χ3n) is 1.84. The van der Waals surface area contributed by atoms with Crippen LogP contribution in [0.15, 0.2) is 24.3 Å². The second kappa shape index (κ2) is 7.74. The molecule has 14 heavy (non-hydrogen) atoms. The highest BCUT2D eigenvalue weighted by Gasteiger charge is 2.16. The van der Waals surface area contributed by atoms with Crippen LogP contribution in [0.2, 0.25) is 0 Å². The molecule has 0 fully saturated rings. The Hall–Kier alpha value is -0.640. The SMILES string of the molecule is C/C=C/C=C/CC(O)C(O)CC(C)O. The van der Waals surface area contributed by atoms with E-state index in [-0.39, 0.29) is 6.42 Å². The molecule has 0 aromatic heterocycles. The number of aliphatic hydroxyl groups is 3. The van der Waals surface area contributed by atoms with E-state index >= 15 is 0 Å². The van der Waals surface area contributed by atoms with E-state index < -0.39 is 18.3 Å². The van der Waals surface area contributed by atoms with Gasteiger partial charge in [0.05, 0.1) is 18.3 Å². The van der Waals surface area contributed by atoms with Crippen LogP contribution < -0.4 is 0 Å². The van der Waals surface area contributed by atoms with Gasteiger partial charge in [-0.25, -0.2) is 0 Å². The molecule has 3 atom stereocenters. The minimum absolute atomic E-state index is 0.207. The molecular weight excluding hydrogens is 180 g/mol. The lowest BCUT2D eigenvalue weighted by Crippen LogP contribution is -2.28. The first kappa shape index (κ1) is 13.4. The molecule has 0 saturated carbocycles. The summed E-state index contributed by atoms with van der Waals surface area (Å²) in [5, 5.41) is 27.8. The van der Waals surface area contributed by atoms with Gasteiger partial charge in [-0.1, -0.05) is 24.3 Å². The van der Waals surface area contributed by atoms with E-state index in [4.69, 9.17) is 5.11 Å². The van der Waals surface area contributed by atoms with E-state index in [9.17, 15) is 10.2 Å². The van der Waals surface area contributed by atoms with Crippen molar-refractivity contribution in [3.8, 4) is 0 Å². The van der Waals surface area contributed by atoms with Crippen molar-refractivity contribution in [1.82, 2.24) is 0 Å². The first-order valence-electron chi connectivity index (χ1n) is 4.90. The molecule has 0 bridgehead atoms. The summed E-state index contributed by atoms with van der Waals surface area (Å²) in [5.74, 6) is 0. The number of hydrogen-bond donors (Lipinski definition) is 3. The lowest BCUT2D eigenvalue weighted by molar-refractivity contribution is -0.00676. The van der Waals surface area contributed by atoms with Crippen molar-refractivity contribution in [1.29, 1.82) is 0 Å². The van der Waals surface area contributed by atoms with Crippen molar-refractivity contribution >= 4 is 0 Å². The lowest BCUT2D eigenvalue weighted by atomic mass is 10.0. The molecule has 0 spiro atoms. The van der Waals surface area contributed by atoms with Crippen molar-refractivity contribution in [2.45, 2.75) is 45.0 Å². The molecule has 0 aliphatic heterocycles. The highest BCUT2D eigenvalue weighted by Crippen LogP contribution is 2.06. The fraction of sp³-hybridized carbons (Fsp3) is 0.636. The maximum absolute atomic E-state index is 9.43. The predicted molar refractivity (Wildman–Crippen MR) is 56.9 cm³/mol. The largest absolute Gasteiger partial charge is 0.393 e. The van der Waals surface area contributed by atoms with E-state index in [2.05, 4.69) is 0 Å². The third kappa shape index (κ3) is 6.83. The van der Waals surface area contributed by atoms with E-state index in [1.54, 1.807) is 13.0 Å². The van der Waals surface area contributed by atoms with Gasteiger partial charge in [-0.15, -0.1) is 0 Å². The molecule has 0 aromatic rings. The Labute approximate surface area is 85.4 Å². The molecule has 0 aliphatic rings. The quantitative estimate of drug-likeness (QED) is 0.561. The zero-order chi connectivity index (χ0) is 11.0. The molecule has 0 radical (unpaired) electrons. The van der Waals surface area contributed by atoms with Crippen LogP contribution >= 0.6 is 0 Å². The second-order valence-electron chi connectivity index (χ2n) is 3.41. The predicted octanol–water partition coefficient (Wildman–Crippen LogP) is 1.00. The number of rotatable bonds is 6. The average Bonchev–Trinajstić information content (AvgIpc) is 2.11. The summed E-state index contributed by atoms with van der Waals surface area (Å²) in [7, 11) is 0. The monoisotopic (exact) mass is 200 g/mol. The zero-order valence-electron chi connectivity index (χ0n) is 8.80. The average molecular weight is 200 g/mol. The van der Waals surface area contributed by atoms with Crippen LogP contribution in [0.4, 0.5) is 0 Å². The lowest BCUT2D eigenvalue weighted by Gasteiger charge is -2.17. The van der Waals surface area contributed by atoms with Gasteiger partial charge in [-0.3, -0.25) is 0 Å². The van der Waals surface area contributed by atoms with Gasteiger partial charge in [0.15, 0.2) is 0 Å². The van der Waals surface area contributed by atoms with Crippen LogP contribution in [-0.2, 0) is 0 Å². The van der Waals surface area contributed by atoms with E-state index in [0.717, 1.165) is 0 Å².